The molecule has 1 aliphatic heterocycles. The van der Waals surface area contributed by atoms with Gasteiger partial charge in [0.15, 0.2) is 16.7 Å². The first kappa shape index (κ1) is 21.5. The molecule has 9 heteroatoms. The highest BCUT2D eigenvalue weighted by molar-refractivity contribution is 7.99. The van der Waals surface area contributed by atoms with Gasteiger partial charge in [0, 0.05) is 11.4 Å². The second kappa shape index (κ2) is 9.08. The molecule has 158 valence electrons. The molecule has 2 aromatic rings. The van der Waals surface area contributed by atoms with E-state index in [2.05, 4.69) is 21.9 Å². The minimum atomic E-state index is -0.691. The van der Waals surface area contributed by atoms with Crippen molar-refractivity contribution in [2.24, 2.45) is 0 Å². The predicted molar refractivity (Wildman–Crippen MR) is 116 cm³/mol. The number of anilines is 1. The van der Waals surface area contributed by atoms with Crippen LogP contribution < -0.4 is 20.3 Å². The fourth-order valence-electron chi connectivity index (χ4n) is 3.38. The average Bonchev–Trinajstić information content (AvgIpc) is 2.75. The number of rotatable bonds is 7. The van der Waals surface area contributed by atoms with Crippen molar-refractivity contribution in [1.82, 2.24) is 9.97 Å². The van der Waals surface area contributed by atoms with Crippen molar-refractivity contribution in [3.05, 3.63) is 63.6 Å². The van der Waals surface area contributed by atoms with Crippen LogP contribution in [0.2, 0.25) is 0 Å². The van der Waals surface area contributed by atoms with E-state index in [-0.39, 0.29) is 5.56 Å². The van der Waals surface area contributed by atoms with E-state index in [1.165, 1.54) is 26.0 Å². The zero-order chi connectivity index (χ0) is 21.8. The lowest BCUT2D eigenvalue weighted by molar-refractivity contribution is -0.136. The number of allylic oxidation sites excluding steroid dienone is 1. The van der Waals surface area contributed by atoms with Gasteiger partial charge in [0.05, 0.1) is 38.4 Å². The minimum absolute atomic E-state index is 0.330. The Morgan fingerprint density at radius 2 is 2.00 bits per heavy atom. The molecule has 1 aliphatic rings. The number of aromatic nitrogens is 2. The maximum absolute atomic E-state index is 13.1. The Labute approximate surface area is 178 Å². The summed E-state index contributed by atoms with van der Waals surface area (Å²) in [5.74, 6) is 0.801. The number of carbonyl (C=O) groups excluding carboxylic acids is 1. The van der Waals surface area contributed by atoms with Crippen LogP contribution in [0.1, 0.15) is 24.0 Å². The average molecular weight is 429 g/mol. The quantitative estimate of drug-likeness (QED) is 0.300. The lowest BCUT2D eigenvalue weighted by Crippen LogP contribution is -2.31. The van der Waals surface area contributed by atoms with Gasteiger partial charge in [-0.1, -0.05) is 23.9 Å². The molecule has 2 heterocycles. The summed E-state index contributed by atoms with van der Waals surface area (Å²) in [4.78, 5) is 33.0. The van der Waals surface area contributed by atoms with E-state index in [1.807, 2.05) is 0 Å². The third-order valence-corrected chi connectivity index (χ3v) is 5.57. The number of aromatic amines is 1. The number of thioether (sulfide) groups is 1. The zero-order valence-electron chi connectivity index (χ0n) is 17.2. The molecule has 1 aromatic carbocycles. The molecule has 0 saturated heterocycles. The number of nitrogens with zero attached hydrogens (tertiary/aromatic N) is 1. The number of carbonyl (C=O) groups is 1. The molecule has 0 bridgehead atoms. The number of ether oxygens (including phenoxy) is 3. The van der Waals surface area contributed by atoms with Crippen molar-refractivity contribution in [1.29, 1.82) is 0 Å². The first-order valence-corrected chi connectivity index (χ1v) is 10.1. The van der Waals surface area contributed by atoms with Crippen molar-refractivity contribution in [3.8, 4) is 11.5 Å². The molecular formula is C21H23N3O5S. The Balaban J connectivity index is 2.24. The lowest BCUT2D eigenvalue weighted by atomic mass is 9.82. The molecule has 1 atom stereocenters. The number of methoxy groups -OCH3 is 3. The maximum atomic E-state index is 13.1. The molecule has 8 nitrogen and oxygen atoms in total. The van der Waals surface area contributed by atoms with Crippen LogP contribution in [0.5, 0.6) is 11.5 Å². The predicted octanol–water partition coefficient (Wildman–Crippen LogP) is 3.07. The second-order valence-corrected chi connectivity index (χ2v) is 7.44. The van der Waals surface area contributed by atoms with E-state index in [4.69, 9.17) is 14.2 Å². The summed E-state index contributed by atoms with van der Waals surface area (Å²) in [6, 6.07) is 5.27. The maximum Gasteiger partial charge on any atom is 0.336 e. The standard InChI is InChI=1S/C21H23N3O5S/c1-6-9-30-21-23-18-17(19(25)24-21)16(15(11(2)22-18)20(26)29-5)12-7-8-13(27-3)14(10-12)28-4/h6-8,10,16H,1,9H2,2-5H3,(H2,22,23,24,25)/t16-/m1/s1. The summed E-state index contributed by atoms with van der Waals surface area (Å²) in [6.07, 6.45) is 1.73. The van der Waals surface area contributed by atoms with Gasteiger partial charge in [-0.05, 0) is 24.6 Å². The van der Waals surface area contributed by atoms with E-state index in [9.17, 15) is 9.59 Å². The van der Waals surface area contributed by atoms with E-state index in [1.54, 1.807) is 38.3 Å². The van der Waals surface area contributed by atoms with Gasteiger partial charge in [-0.3, -0.25) is 4.79 Å². The van der Waals surface area contributed by atoms with Crippen LogP contribution in [0.25, 0.3) is 0 Å². The summed E-state index contributed by atoms with van der Waals surface area (Å²) >= 11 is 1.36. The number of hydrogen-bond donors (Lipinski definition) is 2. The van der Waals surface area contributed by atoms with Gasteiger partial charge >= 0.3 is 5.97 Å². The molecule has 2 N–H and O–H groups in total. The number of nitrogens with one attached hydrogen (secondary N) is 2. The van der Waals surface area contributed by atoms with Crippen LogP contribution >= 0.6 is 11.8 Å². The topological polar surface area (TPSA) is 103 Å². The summed E-state index contributed by atoms with van der Waals surface area (Å²) < 4.78 is 15.7. The smallest absolute Gasteiger partial charge is 0.336 e. The van der Waals surface area contributed by atoms with Crippen molar-refractivity contribution in [2.45, 2.75) is 18.0 Å². The van der Waals surface area contributed by atoms with Crippen molar-refractivity contribution in [3.63, 3.8) is 0 Å². The van der Waals surface area contributed by atoms with Gasteiger partial charge in [-0.15, -0.1) is 6.58 Å². The van der Waals surface area contributed by atoms with E-state index in [0.29, 0.717) is 50.6 Å². The summed E-state index contributed by atoms with van der Waals surface area (Å²) in [5, 5.41) is 3.55. The van der Waals surface area contributed by atoms with Gasteiger partial charge in [-0.25, -0.2) is 9.78 Å². The number of H-pyrrole nitrogens is 1. The summed E-state index contributed by atoms with van der Waals surface area (Å²) in [6.45, 7) is 5.43. The SMILES string of the molecule is C=CCSc1nc2c(c(=O)[nH]1)[C@H](c1ccc(OC)c(OC)c1)C(C(=O)OC)=C(C)N2. The normalized spacial score (nSPS) is 15.1. The number of hydrogen-bond acceptors (Lipinski definition) is 8. The van der Waals surface area contributed by atoms with Crippen molar-refractivity contribution >= 4 is 23.5 Å². The van der Waals surface area contributed by atoms with Crippen LogP contribution in [0.3, 0.4) is 0 Å². The third-order valence-electron chi connectivity index (χ3n) is 4.70. The van der Waals surface area contributed by atoms with E-state index in [0.717, 1.165) is 0 Å². The van der Waals surface area contributed by atoms with Crippen LogP contribution in [-0.4, -0.2) is 43.0 Å². The van der Waals surface area contributed by atoms with Gasteiger partial charge in [0.25, 0.3) is 5.56 Å². The fraction of sp³-hybridized carbons (Fsp3) is 0.286. The zero-order valence-corrected chi connectivity index (χ0v) is 18.0. The molecule has 0 radical (unpaired) electrons. The molecular weight excluding hydrogens is 406 g/mol. The lowest BCUT2D eigenvalue weighted by Gasteiger charge is -2.29. The van der Waals surface area contributed by atoms with Gasteiger partial charge < -0.3 is 24.5 Å². The Morgan fingerprint density at radius 1 is 1.27 bits per heavy atom. The molecule has 0 unspecified atom stereocenters. The van der Waals surface area contributed by atoms with E-state index >= 15 is 0 Å². The minimum Gasteiger partial charge on any atom is -0.493 e. The largest absolute Gasteiger partial charge is 0.493 e. The Kier molecular flexibility index (Phi) is 6.51. The highest BCUT2D eigenvalue weighted by Crippen LogP contribution is 2.42. The van der Waals surface area contributed by atoms with Gasteiger partial charge in [0.2, 0.25) is 0 Å². The monoisotopic (exact) mass is 429 g/mol. The molecule has 0 spiro atoms. The van der Waals surface area contributed by atoms with Crippen molar-refractivity contribution < 1.29 is 19.0 Å². The third kappa shape index (κ3) is 3.93. The van der Waals surface area contributed by atoms with Crippen molar-refractivity contribution in [2.75, 3.05) is 32.4 Å². The van der Waals surface area contributed by atoms with Crippen LogP contribution in [-0.2, 0) is 9.53 Å². The van der Waals surface area contributed by atoms with Gasteiger partial charge in [-0.2, -0.15) is 0 Å². The number of esters is 1. The first-order chi connectivity index (χ1) is 14.4. The van der Waals surface area contributed by atoms with Crippen LogP contribution in [0.4, 0.5) is 5.82 Å². The molecule has 3 rings (SSSR count). The highest BCUT2D eigenvalue weighted by Gasteiger charge is 2.36. The number of benzene rings is 1. The molecule has 1 aromatic heterocycles. The molecule has 30 heavy (non-hydrogen) atoms. The Bertz CT molecular complexity index is 1080. The molecule has 0 saturated carbocycles. The highest BCUT2D eigenvalue weighted by atomic mass is 32.2. The van der Waals surface area contributed by atoms with Gasteiger partial charge in [0.1, 0.15) is 5.82 Å². The molecule has 0 fully saturated rings. The first-order valence-electron chi connectivity index (χ1n) is 9.11. The fourth-order valence-corrected chi connectivity index (χ4v) is 3.98. The van der Waals surface area contributed by atoms with Crippen LogP contribution in [0, 0.1) is 0 Å². The Hall–Kier alpha value is -3.20. The summed E-state index contributed by atoms with van der Waals surface area (Å²) in [7, 11) is 4.37. The molecule has 0 aliphatic carbocycles. The number of fused-ring (bicyclic) bond motifs is 1. The second-order valence-electron chi connectivity index (χ2n) is 6.44. The summed E-state index contributed by atoms with van der Waals surface area (Å²) in [5.41, 5.74) is 1.56. The molecule has 0 amide bonds. The van der Waals surface area contributed by atoms with Crippen LogP contribution in [0.15, 0.2) is 52.1 Å². The Morgan fingerprint density at radius 3 is 2.63 bits per heavy atom. The van der Waals surface area contributed by atoms with E-state index < -0.39 is 11.9 Å².